The van der Waals surface area contributed by atoms with Crippen LogP contribution in [0.25, 0.3) is 0 Å². The van der Waals surface area contributed by atoms with E-state index >= 15 is 0 Å². The first kappa shape index (κ1) is 29.2. The highest BCUT2D eigenvalue weighted by molar-refractivity contribution is 5.82. The highest BCUT2D eigenvalue weighted by Crippen LogP contribution is 2.47. The monoisotopic (exact) mass is 577 g/mol. The number of carbonyl (C=O) groups is 1. The molecule has 1 spiro atoms. The Morgan fingerprint density at radius 1 is 1.10 bits per heavy atom. The van der Waals surface area contributed by atoms with Crippen molar-refractivity contribution in [1.82, 2.24) is 10.2 Å². The second-order valence-corrected chi connectivity index (χ2v) is 11.9. The van der Waals surface area contributed by atoms with Gasteiger partial charge in [0.25, 0.3) is 0 Å². The molecule has 218 valence electrons. The van der Waals surface area contributed by atoms with Gasteiger partial charge in [-0.2, -0.15) is 0 Å². The molecule has 2 aromatic rings. The molecule has 4 aliphatic rings. The van der Waals surface area contributed by atoms with Gasteiger partial charge >= 0.3 is 0 Å². The van der Waals surface area contributed by atoms with Crippen molar-refractivity contribution >= 4 is 5.91 Å². The first-order chi connectivity index (χ1) is 18.8. The van der Waals surface area contributed by atoms with Crippen LogP contribution in [-0.2, 0) is 21.6 Å². The number of benzene rings is 2. The van der Waals surface area contributed by atoms with Crippen LogP contribution in [-0.4, -0.2) is 56.1 Å². The molecular weight excluding hydrogens is 541 g/mol. The maximum Gasteiger partial charge on any atom is 0.248 e. The Balaban J connectivity index is 0.00000323. The van der Waals surface area contributed by atoms with Gasteiger partial charge in [0.1, 0.15) is 11.6 Å². The van der Waals surface area contributed by atoms with Crippen molar-refractivity contribution < 1.29 is 39.8 Å². The van der Waals surface area contributed by atoms with Crippen LogP contribution in [0.5, 0.6) is 5.75 Å². The molecule has 2 aromatic carbocycles. The van der Waals surface area contributed by atoms with Gasteiger partial charge in [-0.15, -0.1) is 0 Å². The number of likely N-dealkylation sites (tertiary alicyclic amines) is 1. The van der Waals surface area contributed by atoms with Gasteiger partial charge in [-0.25, -0.2) is 13.2 Å². The summed E-state index contributed by atoms with van der Waals surface area (Å²) in [6.07, 6.45) is 1.69. The number of halogens is 4. The summed E-state index contributed by atoms with van der Waals surface area (Å²) in [5.41, 5.74) is 2.21. The molecule has 1 saturated carbocycles. The predicted octanol–water partition coefficient (Wildman–Crippen LogP) is 2.43. The molecule has 0 unspecified atom stereocenters. The van der Waals surface area contributed by atoms with E-state index in [1.54, 1.807) is 13.2 Å². The van der Waals surface area contributed by atoms with Crippen LogP contribution in [0.4, 0.5) is 13.2 Å². The van der Waals surface area contributed by atoms with E-state index in [9.17, 15) is 18.0 Å². The highest BCUT2D eigenvalue weighted by Gasteiger charge is 2.54. The maximum absolute atomic E-state index is 14.8. The zero-order valence-electron chi connectivity index (χ0n) is 22.8. The van der Waals surface area contributed by atoms with Gasteiger partial charge in [0.15, 0.2) is 0 Å². The number of nitrogens with zero attached hydrogens (tertiary/aromatic N) is 1. The molecule has 5 nitrogen and oxygen atoms in total. The number of piperidine rings is 1. The molecule has 1 aliphatic carbocycles. The zero-order valence-corrected chi connectivity index (χ0v) is 23.6. The van der Waals surface area contributed by atoms with Gasteiger partial charge in [0.2, 0.25) is 11.8 Å². The molecule has 2 saturated heterocycles. The Morgan fingerprint density at radius 2 is 1.88 bits per heavy atom. The Labute approximate surface area is 240 Å². The van der Waals surface area contributed by atoms with Gasteiger partial charge in [-0.05, 0) is 60.8 Å². The predicted molar refractivity (Wildman–Crippen MR) is 141 cm³/mol. The molecule has 0 bridgehead atoms. The molecule has 3 aliphatic heterocycles. The van der Waals surface area contributed by atoms with Gasteiger partial charge in [-0.3, -0.25) is 4.79 Å². The fraction of sp³-hybridized carbons (Fsp3) is 0.581. The lowest BCUT2D eigenvalue weighted by Crippen LogP contribution is -3.00. The SMILES string of the molecule is COc1cccc2c1COC[C@]21CNC[C@H]1C(=O)N1CC[C@@H](c2ccccc2F)C[C@H]1C1CCC(F)(F)CC1.[Cl-]. The quantitative estimate of drug-likeness (QED) is 0.607. The smallest absolute Gasteiger partial charge is 0.248 e. The molecule has 0 radical (unpaired) electrons. The Kier molecular flexibility index (Phi) is 8.42. The lowest BCUT2D eigenvalue weighted by molar-refractivity contribution is -0.145. The lowest BCUT2D eigenvalue weighted by Gasteiger charge is -2.48. The van der Waals surface area contributed by atoms with Crippen molar-refractivity contribution in [2.24, 2.45) is 11.8 Å². The Morgan fingerprint density at radius 3 is 2.62 bits per heavy atom. The minimum Gasteiger partial charge on any atom is -1.00 e. The average molecular weight is 578 g/mol. The van der Waals surface area contributed by atoms with Crippen molar-refractivity contribution in [3.05, 3.63) is 65.0 Å². The summed E-state index contributed by atoms with van der Waals surface area (Å²) in [4.78, 5) is 16.5. The van der Waals surface area contributed by atoms with E-state index in [0.717, 1.165) is 16.9 Å². The summed E-state index contributed by atoms with van der Waals surface area (Å²) in [7, 11) is 1.64. The number of ether oxygens (including phenoxy) is 2. The largest absolute Gasteiger partial charge is 1.00 e. The third-order valence-electron chi connectivity index (χ3n) is 9.83. The molecule has 3 heterocycles. The number of amides is 1. The summed E-state index contributed by atoms with van der Waals surface area (Å²) >= 11 is 0. The molecular formula is C31H37ClF3N2O3-. The van der Waals surface area contributed by atoms with Crippen LogP contribution >= 0.6 is 0 Å². The van der Waals surface area contributed by atoms with Crippen LogP contribution in [0.3, 0.4) is 0 Å². The molecule has 6 rings (SSSR count). The second-order valence-electron chi connectivity index (χ2n) is 11.9. The molecule has 4 atom stereocenters. The molecule has 40 heavy (non-hydrogen) atoms. The van der Waals surface area contributed by atoms with E-state index in [4.69, 9.17) is 9.47 Å². The molecule has 1 N–H and O–H groups in total. The van der Waals surface area contributed by atoms with Crippen molar-refractivity contribution in [2.45, 2.75) is 68.4 Å². The first-order valence-corrected chi connectivity index (χ1v) is 14.2. The molecule has 9 heteroatoms. The summed E-state index contributed by atoms with van der Waals surface area (Å²) < 4.78 is 54.7. The van der Waals surface area contributed by atoms with Gasteiger partial charge < -0.3 is 32.1 Å². The summed E-state index contributed by atoms with van der Waals surface area (Å²) in [6.45, 7) is 2.52. The van der Waals surface area contributed by atoms with Crippen molar-refractivity contribution in [3.8, 4) is 5.75 Å². The van der Waals surface area contributed by atoms with Crippen LogP contribution in [0.15, 0.2) is 42.5 Å². The first-order valence-electron chi connectivity index (χ1n) is 14.2. The number of fused-ring (bicyclic) bond motifs is 2. The molecule has 3 fully saturated rings. The average Bonchev–Trinajstić information content (AvgIpc) is 3.36. The van der Waals surface area contributed by atoms with Crippen LogP contribution in [0.2, 0.25) is 0 Å². The van der Waals surface area contributed by atoms with E-state index in [0.29, 0.717) is 64.1 Å². The maximum atomic E-state index is 14.8. The topological polar surface area (TPSA) is 50.8 Å². The Bertz CT molecular complexity index is 1220. The van der Waals surface area contributed by atoms with Crippen LogP contribution < -0.4 is 22.5 Å². The Hall–Kier alpha value is -2.29. The van der Waals surface area contributed by atoms with Crippen molar-refractivity contribution in [2.75, 3.05) is 33.4 Å². The minimum absolute atomic E-state index is 0. The van der Waals surface area contributed by atoms with Crippen LogP contribution in [0.1, 0.15) is 61.1 Å². The number of rotatable bonds is 4. The fourth-order valence-electron chi connectivity index (χ4n) is 7.76. The summed E-state index contributed by atoms with van der Waals surface area (Å²) in [5, 5.41) is 3.46. The number of nitrogens with one attached hydrogen (secondary N) is 1. The van der Waals surface area contributed by atoms with E-state index in [1.807, 2.05) is 29.2 Å². The van der Waals surface area contributed by atoms with E-state index in [2.05, 4.69) is 11.4 Å². The van der Waals surface area contributed by atoms with Gasteiger partial charge in [0.05, 0.1) is 26.2 Å². The minimum atomic E-state index is -2.65. The standard InChI is InChI=1S/C31H37F3N2O3.ClH/c1-38-28-8-4-6-24-23(28)17-39-19-30(24)18-35-16-25(30)29(37)36-14-11-21(22-5-2-3-7-26(22)32)15-27(36)20-9-12-31(33,34)13-10-20;/h2-8,20-21,25,27,35H,9-19H2,1H3;1H/p-1/t21-,25+,27+,30-;/m1./s1. The number of hydrogen-bond donors (Lipinski definition) is 1. The second kappa shape index (κ2) is 11.5. The van der Waals surface area contributed by atoms with Gasteiger partial charge in [0, 0.05) is 49.5 Å². The van der Waals surface area contributed by atoms with E-state index in [-0.39, 0.29) is 60.8 Å². The summed E-state index contributed by atoms with van der Waals surface area (Å²) in [5.74, 6) is -2.48. The number of methoxy groups -OCH3 is 1. The normalized spacial score (nSPS) is 30.0. The third kappa shape index (κ3) is 5.12. The number of hydrogen-bond acceptors (Lipinski definition) is 4. The zero-order chi connectivity index (χ0) is 27.2. The molecule has 1 amide bonds. The highest BCUT2D eigenvalue weighted by atomic mass is 35.5. The summed E-state index contributed by atoms with van der Waals surface area (Å²) in [6, 6.07) is 12.6. The van der Waals surface area contributed by atoms with Gasteiger partial charge in [-0.1, -0.05) is 30.3 Å². The molecule has 0 aromatic heterocycles. The third-order valence-corrected chi connectivity index (χ3v) is 9.83. The van der Waals surface area contributed by atoms with E-state index < -0.39 is 11.3 Å². The number of alkyl halides is 2. The van der Waals surface area contributed by atoms with Crippen LogP contribution in [0, 0.1) is 17.7 Å². The lowest BCUT2D eigenvalue weighted by atomic mass is 9.68. The van der Waals surface area contributed by atoms with Crippen molar-refractivity contribution in [1.29, 1.82) is 0 Å². The van der Waals surface area contributed by atoms with E-state index in [1.165, 1.54) is 6.07 Å². The van der Waals surface area contributed by atoms with Crippen molar-refractivity contribution in [3.63, 3.8) is 0 Å². The fourth-order valence-corrected chi connectivity index (χ4v) is 7.76. The number of carbonyl (C=O) groups excluding carboxylic acids is 1.